The van der Waals surface area contributed by atoms with E-state index in [1.165, 1.54) is 18.2 Å². The molecule has 0 aromatic heterocycles. The summed E-state index contributed by atoms with van der Waals surface area (Å²) in [5, 5.41) is 5.77. The lowest BCUT2D eigenvalue weighted by atomic mass is 10.2. The number of thiocarbonyl (C=S) groups is 1. The van der Waals surface area contributed by atoms with E-state index in [1.54, 1.807) is 24.3 Å². The van der Waals surface area contributed by atoms with Crippen molar-refractivity contribution in [3.05, 3.63) is 63.1 Å². The summed E-state index contributed by atoms with van der Waals surface area (Å²) in [5.74, 6) is -1.44. The fourth-order valence-corrected chi connectivity index (χ4v) is 2.89. The van der Waals surface area contributed by atoms with Crippen molar-refractivity contribution in [2.45, 2.75) is 12.8 Å². The van der Waals surface area contributed by atoms with Gasteiger partial charge < -0.3 is 5.32 Å². The minimum atomic E-state index is -0.572. The molecule has 2 aromatic rings. The molecule has 0 aliphatic carbocycles. The molecule has 0 atom stereocenters. The normalized spacial score (nSPS) is 10.0. The van der Waals surface area contributed by atoms with Crippen molar-refractivity contribution in [2.75, 3.05) is 5.32 Å². The number of amides is 3. The topological polar surface area (TPSA) is 99.3 Å². The highest BCUT2D eigenvalue weighted by atomic mass is 35.5. The number of hydrogen-bond acceptors (Lipinski definition) is 4. The Morgan fingerprint density at radius 2 is 1.55 bits per heavy atom. The second kappa shape index (κ2) is 11.0. The van der Waals surface area contributed by atoms with Crippen molar-refractivity contribution in [1.29, 1.82) is 0 Å². The Bertz CT molecular complexity index is 956. The minimum Gasteiger partial charge on any atom is -0.325 e. The van der Waals surface area contributed by atoms with Gasteiger partial charge in [-0.2, -0.15) is 0 Å². The van der Waals surface area contributed by atoms with Gasteiger partial charge in [-0.1, -0.05) is 46.9 Å². The number of carbonyl (C=O) groups is 3. The SMILES string of the molecule is O=C(CCC(=O)Nc1ccccc1Cl)NNC(=S)NC(=O)c1ccc(Cl)cc1Cl. The summed E-state index contributed by atoms with van der Waals surface area (Å²) in [7, 11) is 0. The average Bonchev–Trinajstić information content (AvgIpc) is 2.66. The molecule has 3 amide bonds. The highest BCUT2D eigenvalue weighted by Crippen LogP contribution is 2.21. The van der Waals surface area contributed by atoms with Gasteiger partial charge in [0, 0.05) is 17.9 Å². The maximum Gasteiger partial charge on any atom is 0.258 e. The van der Waals surface area contributed by atoms with E-state index < -0.39 is 11.8 Å². The van der Waals surface area contributed by atoms with E-state index in [2.05, 4.69) is 21.5 Å². The number of carbonyl (C=O) groups excluding carboxylic acids is 3. The van der Waals surface area contributed by atoms with Crippen molar-refractivity contribution >= 4 is 75.5 Å². The van der Waals surface area contributed by atoms with Crippen molar-refractivity contribution in [3.63, 3.8) is 0 Å². The fraction of sp³-hybridized carbons (Fsp3) is 0.111. The van der Waals surface area contributed by atoms with Crippen molar-refractivity contribution in [3.8, 4) is 0 Å². The van der Waals surface area contributed by atoms with Gasteiger partial charge in [0.1, 0.15) is 0 Å². The van der Waals surface area contributed by atoms with E-state index in [1.807, 2.05) is 0 Å². The number of anilines is 1. The fourth-order valence-electron chi connectivity index (χ4n) is 2.07. The van der Waals surface area contributed by atoms with Crippen molar-refractivity contribution in [2.24, 2.45) is 0 Å². The van der Waals surface area contributed by atoms with Crippen LogP contribution in [0.4, 0.5) is 5.69 Å². The van der Waals surface area contributed by atoms with Crippen LogP contribution in [0.2, 0.25) is 15.1 Å². The second-order valence-corrected chi connectivity index (χ2v) is 7.27. The Kier molecular flexibility index (Phi) is 8.66. The first kappa shape index (κ1) is 22.9. The Balaban J connectivity index is 1.73. The molecule has 2 rings (SSSR count). The molecular formula is C18H15Cl3N4O3S. The summed E-state index contributed by atoms with van der Waals surface area (Å²) in [6, 6.07) is 11.1. The highest BCUT2D eigenvalue weighted by Gasteiger charge is 2.13. The van der Waals surface area contributed by atoms with Crippen LogP contribution >= 0.6 is 47.0 Å². The lowest BCUT2D eigenvalue weighted by Crippen LogP contribution is -2.48. The molecule has 0 fully saturated rings. The quantitative estimate of drug-likeness (QED) is 0.392. The molecule has 29 heavy (non-hydrogen) atoms. The van der Waals surface area contributed by atoms with Gasteiger partial charge in [0.05, 0.1) is 21.3 Å². The molecular weight excluding hydrogens is 459 g/mol. The van der Waals surface area contributed by atoms with Crippen LogP contribution in [0.25, 0.3) is 0 Å². The van der Waals surface area contributed by atoms with Crippen LogP contribution in [0, 0.1) is 0 Å². The molecule has 152 valence electrons. The van der Waals surface area contributed by atoms with Gasteiger partial charge in [0.25, 0.3) is 5.91 Å². The lowest BCUT2D eigenvalue weighted by Gasteiger charge is -2.11. The third kappa shape index (κ3) is 7.51. The molecule has 0 aliphatic heterocycles. The molecule has 0 aliphatic rings. The predicted molar refractivity (Wildman–Crippen MR) is 117 cm³/mol. The van der Waals surface area contributed by atoms with Gasteiger partial charge >= 0.3 is 0 Å². The van der Waals surface area contributed by atoms with Gasteiger partial charge in [-0.15, -0.1) is 0 Å². The van der Waals surface area contributed by atoms with Gasteiger partial charge in [-0.25, -0.2) is 0 Å². The van der Waals surface area contributed by atoms with Crippen LogP contribution in [0.1, 0.15) is 23.2 Å². The minimum absolute atomic E-state index is 0.0712. The van der Waals surface area contributed by atoms with Gasteiger partial charge in [-0.3, -0.25) is 30.6 Å². The highest BCUT2D eigenvalue weighted by molar-refractivity contribution is 7.80. The number of benzene rings is 2. The van der Waals surface area contributed by atoms with Crippen molar-refractivity contribution in [1.82, 2.24) is 16.2 Å². The zero-order valence-corrected chi connectivity index (χ0v) is 17.8. The predicted octanol–water partition coefficient (Wildman–Crippen LogP) is 3.70. The van der Waals surface area contributed by atoms with Crippen LogP contribution in [0.5, 0.6) is 0 Å². The monoisotopic (exact) mass is 472 g/mol. The summed E-state index contributed by atoms with van der Waals surface area (Å²) in [4.78, 5) is 35.8. The van der Waals surface area contributed by atoms with Gasteiger partial charge in [0.15, 0.2) is 5.11 Å². The number of hydrogen-bond donors (Lipinski definition) is 4. The molecule has 0 bridgehead atoms. The average molecular weight is 474 g/mol. The number of halogens is 3. The molecule has 0 heterocycles. The van der Waals surface area contributed by atoms with Crippen LogP contribution < -0.4 is 21.5 Å². The summed E-state index contributed by atoms with van der Waals surface area (Å²) in [6.45, 7) is 0. The van der Waals surface area contributed by atoms with E-state index in [9.17, 15) is 14.4 Å². The Hall–Kier alpha value is -2.39. The molecule has 0 radical (unpaired) electrons. The summed E-state index contributed by atoms with van der Waals surface area (Å²) >= 11 is 22.6. The third-order valence-corrected chi connectivity index (χ3v) is 4.53. The zero-order chi connectivity index (χ0) is 21.4. The molecule has 0 spiro atoms. The van der Waals surface area contributed by atoms with E-state index in [0.717, 1.165) is 0 Å². The van der Waals surface area contributed by atoms with E-state index >= 15 is 0 Å². The van der Waals surface area contributed by atoms with E-state index in [4.69, 9.17) is 47.0 Å². The maximum atomic E-state index is 12.1. The first-order valence-electron chi connectivity index (χ1n) is 8.16. The molecule has 2 aromatic carbocycles. The number of rotatable bonds is 5. The van der Waals surface area contributed by atoms with Crippen LogP contribution in [-0.2, 0) is 9.59 Å². The van der Waals surface area contributed by atoms with E-state index in [0.29, 0.717) is 15.7 Å². The second-order valence-electron chi connectivity index (χ2n) is 5.61. The number of para-hydroxylation sites is 1. The summed E-state index contributed by atoms with van der Waals surface area (Å²) < 4.78 is 0. The lowest BCUT2D eigenvalue weighted by molar-refractivity contribution is -0.124. The molecule has 0 unspecified atom stereocenters. The first-order chi connectivity index (χ1) is 13.8. The molecule has 0 saturated heterocycles. The largest absolute Gasteiger partial charge is 0.325 e. The molecule has 11 heteroatoms. The van der Waals surface area contributed by atoms with Gasteiger partial charge in [0.2, 0.25) is 11.8 Å². The maximum absolute atomic E-state index is 12.1. The number of hydrazine groups is 1. The molecule has 0 saturated carbocycles. The summed E-state index contributed by atoms with van der Waals surface area (Å²) in [6.07, 6.45) is -0.179. The zero-order valence-electron chi connectivity index (χ0n) is 14.7. The van der Waals surface area contributed by atoms with Crippen LogP contribution in [0.3, 0.4) is 0 Å². The standard InChI is InChI=1S/C18H15Cl3N4O3S/c19-10-5-6-11(13(21)9-10)17(28)23-18(29)25-24-16(27)8-7-15(26)22-14-4-2-1-3-12(14)20/h1-6,9H,7-8H2,(H,22,26)(H,24,27)(H2,23,25,28,29). The molecule has 4 N–H and O–H groups in total. The third-order valence-electron chi connectivity index (χ3n) is 3.45. The van der Waals surface area contributed by atoms with Gasteiger partial charge in [-0.05, 0) is 42.5 Å². The Labute approximate surface area is 187 Å². The first-order valence-corrected chi connectivity index (χ1v) is 9.70. The Morgan fingerprint density at radius 3 is 2.24 bits per heavy atom. The van der Waals surface area contributed by atoms with Crippen LogP contribution in [0.15, 0.2) is 42.5 Å². The number of nitrogens with one attached hydrogen (secondary N) is 4. The summed E-state index contributed by atoms with van der Waals surface area (Å²) in [5.41, 5.74) is 5.29. The smallest absolute Gasteiger partial charge is 0.258 e. The van der Waals surface area contributed by atoms with E-state index in [-0.39, 0.29) is 34.4 Å². The van der Waals surface area contributed by atoms with Crippen LogP contribution in [-0.4, -0.2) is 22.8 Å². The Morgan fingerprint density at radius 1 is 0.862 bits per heavy atom. The molecule has 7 nitrogen and oxygen atoms in total. The van der Waals surface area contributed by atoms with Crippen molar-refractivity contribution < 1.29 is 14.4 Å².